The largest absolute Gasteiger partial charge is 0.493 e. The smallest absolute Gasteiger partial charge is 0.331 e. The van der Waals surface area contributed by atoms with Crippen LogP contribution in [-0.2, 0) is 22.4 Å². The third-order valence-electron chi connectivity index (χ3n) is 5.91. The van der Waals surface area contributed by atoms with Gasteiger partial charge in [-0.3, -0.25) is 4.79 Å². The van der Waals surface area contributed by atoms with Gasteiger partial charge in [0.15, 0.2) is 6.04 Å². The van der Waals surface area contributed by atoms with Crippen molar-refractivity contribution in [3.63, 3.8) is 0 Å². The van der Waals surface area contributed by atoms with Crippen LogP contribution in [0.4, 0.5) is 0 Å². The second-order valence-corrected chi connectivity index (χ2v) is 11.6. The van der Waals surface area contributed by atoms with Gasteiger partial charge < -0.3 is 24.9 Å². The Bertz CT molecular complexity index is 1140. The number of benzene rings is 1. The number of hydrogen-bond acceptors (Lipinski definition) is 6. The van der Waals surface area contributed by atoms with Gasteiger partial charge in [-0.05, 0) is 81.4 Å². The molecule has 8 heteroatoms. The van der Waals surface area contributed by atoms with Crippen molar-refractivity contribution in [2.24, 2.45) is 11.7 Å². The van der Waals surface area contributed by atoms with E-state index in [1.165, 1.54) is 11.0 Å². The van der Waals surface area contributed by atoms with Gasteiger partial charge in [0.1, 0.15) is 12.0 Å². The maximum Gasteiger partial charge on any atom is 0.331 e. The van der Waals surface area contributed by atoms with E-state index in [9.17, 15) is 14.7 Å². The molecule has 3 N–H and O–H groups in total. The van der Waals surface area contributed by atoms with Crippen molar-refractivity contribution in [2.75, 3.05) is 13.2 Å². The molecule has 1 aromatic heterocycles. The molecular weight excluding hydrogens is 506 g/mol. The van der Waals surface area contributed by atoms with Gasteiger partial charge in [-0.2, -0.15) is 0 Å². The average molecular weight is 554 g/mol. The van der Waals surface area contributed by atoms with Crippen LogP contribution in [0.3, 0.4) is 0 Å². The normalized spacial score (nSPS) is 15.3. The fraction of sp³-hybridized carbons (Fsp3) is 0.531. The summed E-state index contributed by atoms with van der Waals surface area (Å²) >= 11 is 0. The number of amides is 1. The Kier molecular flexibility index (Phi) is 13.1. The third-order valence-corrected chi connectivity index (χ3v) is 5.91. The number of carbonyl (C=O) groups is 2. The maximum absolute atomic E-state index is 12.7. The van der Waals surface area contributed by atoms with Gasteiger partial charge in [0, 0.05) is 18.5 Å². The number of carboxylic acids is 1. The minimum absolute atomic E-state index is 0. The first-order valence-corrected chi connectivity index (χ1v) is 14.2. The molecule has 1 aliphatic heterocycles. The van der Waals surface area contributed by atoms with E-state index in [2.05, 4.69) is 31.8 Å². The molecule has 0 bridgehead atoms. The van der Waals surface area contributed by atoms with E-state index in [1.807, 2.05) is 45.1 Å². The zero-order valence-electron chi connectivity index (χ0n) is 25.0. The van der Waals surface area contributed by atoms with E-state index >= 15 is 0 Å². The van der Waals surface area contributed by atoms with Gasteiger partial charge in [-0.15, -0.1) is 0 Å². The number of hydrogen-bond donors (Lipinski definition) is 2. The Morgan fingerprint density at radius 1 is 1.27 bits per heavy atom. The number of fused-ring (bicyclic) bond motifs is 1. The topological polar surface area (TPSA) is 119 Å². The predicted octanol–water partition coefficient (Wildman–Crippen LogP) is 6.36. The molecule has 8 nitrogen and oxygen atoms in total. The van der Waals surface area contributed by atoms with Crippen molar-refractivity contribution < 1.29 is 23.8 Å². The molecule has 0 radical (unpaired) electrons. The Labute approximate surface area is 239 Å². The maximum atomic E-state index is 12.7. The van der Waals surface area contributed by atoms with Crippen LogP contribution in [0.5, 0.6) is 5.75 Å². The Balaban J connectivity index is 0.00000103. The first kappa shape index (κ1) is 32.8. The monoisotopic (exact) mass is 553 g/mol. The molecular formula is C32H47N3O5. The van der Waals surface area contributed by atoms with E-state index in [-0.39, 0.29) is 11.4 Å². The number of nitrogens with two attached hydrogens (primary N) is 1. The zero-order chi connectivity index (χ0) is 29.7. The van der Waals surface area contributed by atoms with E-state index in [0.717, 1.165) is 36.9 Å². The molecule has 0 spiro atoms. The summed E-state index contributed by atoms with van der Waals surface area (Å²) in [5.74, 6) is 0.420. The lowest BCUT2D eigenvalue weighted by molar-refractivity contribution is -0.149. The van der Waals surface area contributed by atoms with Gasteiger partial charge in [-0.1, -0.05) is 51.8 Å². The van der Waals surface area contributed by atoms with Crippen molar-refractivity contribution in [3.05, 3.63) is 65.4 Å². The van der Waals surface area contributed by atoms with Crippen molar-refractivity contribution >= 4 is 18.0 Å². The number of unbranched alkanes of at least 4 members (excludes halogenated alkanes) is 2. The number of allylic oxidation sites excluding steroid dienone is 2. The summed E-state index contributed by atoms with van der Waals surface area (Å²) in [4.78, 5) is 30.8. The van der Waals surface area contributed by atoms with Crippen molar-refractivity contribution in [3.8, 4) is 5.75 Å². The number of aliphatic carboxylic acids is 1. The van der Waals surface area contributed by atoms with Crippen LogP contribution < -0.4 is 10.5 Å². The lowest BCUT2D eigenvalue weighted by Gasteiger charge is -2.34. The summed E-state index contributed by atoms with van der Waals surface area (Å²) in [6.07, 6.45) is 13.9. The Morgan fingerprint density at radius 2 is 2.00 bits per heavy atom. The van der Waals surface area contributed by atoms with Crippen molar-refractivity contribution in [1.29, 1.82) is 0 Å². The molecule has 1 aliphatic rings. The minimum Gasteiger partial charge on any atom is -0.493 e. The molecule has 0 saturated heterocycles. The molecule has 1 unspecified atom stereocenters. The molecule has 1 amide bonds. The average Bonchev–Trinajstić information content (AvgIpc) is 3.31. The van der Waals surface area contributed by atoms with E-state index in [0.29, 0.717) is 49.1 Å². The standard InChI is InChI=1S/C28H36N2O5.C4H11N/c1-4-5-6-7-11-26(31)30-16-14-21-12-13-23(18-24(21)27(30)28(32)33)34-17-15-22-19-35-25(29-22)10-8-9-20(2)3;1-4(2,3)5/h7-8,10-13,18-20,27H,4-6,9,14-17H2,1-3H3,(H,32,33);5H2,1-3H3/b10-8+,11-7?;. The van der Waals surface area contributed by atoms with Crippen molar-refractivity contribution in [1.82, 2.24) is 9.88 Å². The minimum atomic E-state index is -1.04. The van der Waals surface area contributed by atoms with Crippen LogP contribution in [0, 0.1) is 5.92 Å². The highest BCUT2D eigenvalue weighted by molar-refractivity contribution is 5.92. The molecule has 220 valence electrons. The number of carbonyl (C=O) groups excluding carboxylic acids is 1. The molecule has 1 aromatic carbocycles. The summed E-state index contributed by atoms with van der Waals surface area (Å²) in [6.45, 7) is 13.0. The Hall–Kier alpha value is -3.39. The number of carboxylic acid groups (broad SMARTS) is 1. The lowest BCUT2D eigenvalue weighted by Crippen LogP contribution is -2.42. The van der Waals surface area contributed by atoms with E-state index in [4.69, 9.17) is 14.9 Å². The van der Waals surface area contributed by atoms with Crippen LogP contribution >= 0.6 is 0 Å². The summed E-state index contributed by atoms with van der Waals surface area (Å²) in [7, 11) is 0. The highest BCUT2D eigenvalue weighted by Crippen LogP contribution is 2.33. The summed E-state index contributed by atoms with van der Waals surface area (Å²) in [6, 6.07) is 4.47. The first-order valence-electron chi connectivity index (χ1n) is 14.2. The van der Waals surface area contributed by atoms with E-state index < -0.39 is 12.0 Å². The molecule has 0 saturated carbocycles. The quantitative estimate of drug-likeness (QED) is 0.232. The summed E-state index contributed by atoms with van der Waals surface area (Å²) in [5.41, 5.74) is 7.68. The first-order chi connectivity index (χ1) is 18.9. The van der Waals surface area contributed by atoms with Crippen molar-refractivity contribution in [2.45, 2.75) is 91.6 Å². The van der Waals surface area contributed by atoms with Gasteiger partial charge >= 0.3 is 5.97 Å². The number of oxazole rings is 1. The highest BCUT2D eigenvalue weighted by atomic mass is 16.5. The Morgan fingerprint density at radius 3 is 2.65 bits per heavy atom. The van der Waals surface area contributed by atoms with Gasteiger partial charge in [0.05, 0.1) is 12.3 Å². The summed E-state index contributed by atoms with van der Waals surface area (Å²) in [5, 5.41) is 9.94. The molecule has 2 aromatic rings. The van der Waals surface area contributed by atoms with Gasteiger partial charge in [0.2, 0.25) is 11.8 Å². The zero-order valence-corrected chi connectivity index (χ0v) is 25.0. The number of ether oxygens (including phenoxy) is 1. The molecule has 0 fully saturated rings. The molecule has 0 aliphatic carbocycles. The lowest BCUT2D eigenvalue weighted by atomic mass is 9.92. The van der Waals surface area contributed by atoms with Gasteiger partial charge in [-0.25, -0.2) is 9.78 Å². The second-order valence-electron chi connectivity index (χ2n) is 11.6. The SMILES string of the molecule is CC(C)(C)N.CCCCC=CC(=O)N1CCc2ccc(OCCc3coc(/C=C/CC(C)C)n3)cc2C1C(=O)O. The van der Waals surface area contributed by atoms with E-state index in [1.54, 1.807) is 12.3 Å². The van der Waals surface area contributed by atoms with Crippen LogP contribution in [0.1, 0.15) is 96.0 Å². The molecule has 1 atom stereocenters. The molecule has 40 heavy (non-hydrogen) atoms. The predicted molar refractivity (Wildman–Crippen MR) is 159 cm³/mol. The van der Waals surface area contributed by atoms with Crippen LogP contribution in [0.2, 0.25) is 0 Å². The van der Waals surface area contributed by atoms with Crippen LogP contribution in [0.15, 0.2) is 47.1 Å². The summed E-state index contributed by atoms with van der Waals surface area (Å²) < 4.78 is 11.4. The molecule has 3 rings (SSSR count). The third kappa shape index (κ3) is 11.8. The van der Waals surface area contributed by atoms with Crippen LogP contribution in [0.25, 0.3) is 6.08 Å². The number of aromatic nitrogens is 1. The number of nitrogens with zero attached hydrogens (tertiary/aromatic N) is 2. The second kappa shape index (κ2) is 16.0. The van der Waals surface area contributed by atoms with Gasteiger partial charge in [0.25, 0.3) is 0 Å². The highest BCUT2D eigenvalue weighted by Gasteiger charge is 2.35. The molecule has 2 heterocycles. The fourth-order valence-electron chi connectivity index (χ4n) is 4.02. The number of rotatable bonds is 12. The van der Waals surface area contributed by atoms with Crippen LogP contribution in [-0.4, -0.2) is 45.6 Å². The fourth-order valence-corrected chi connectivity index (χ4v) is 4.02.